The number of nitrogens with one attached hydrogen (secondary N) is 2. The molecule has 5 rings (SSSR count). The number of hydrogen-bond acceptors (Lipinski definition) is 6. The molecule has 208 valence electrons. The Morgan fingerprint density at radius 1 is 1.02 bits per heavy atom. The number of amides is 2. The first-order valence-corrected chi connectivity index (χ1v) is 13.8. The van der Waals surface area contributed by atoms with E-state index in [1.54, 1.807) is 18.2 Å². The molecule has 9 heteroatoms. The van der Waals surface area contributed by atoms with Crippen molar-refractivity contribution in [2.75, 3.05) is 36.9 Å². The quantitative estimate of drug-likeness (QED) is 0.223. The summed E-state index contributed by atoms with van der Waals surface area (Å²) in [5, 5.41) is 9.37. The number of imidazole rings is 1. The van der Waals surface area contributed by atoms with Crippen molar-refractivity contribution in [2.24, 2.45) is 0 Å². The van der Waals surface area contributed by atoms with Crippen LogP contribution in [0.4, 0.5) is 16.3 Å². The van der Waals surface area contributed by atoms with Gasteiger partial charge in [-0.3, -0.25) is 5.32 Å². The predicted molar refractivity (Wildman–Crippen MR) is 156 cm³/mol. The van der Waals surface area contributed by atoms with Crippen LogP contribution >= 0.6 is 0 Å². The first-order valence-electron chi connectivity index (χ1n) is 13.8. The minimum atomic E-state index is -0.400. The maximum atomic E-state index is 12.3. The molecular formula is C31H36N6O3. The number of nitrogens with zero attached hydrogens (tertiary/aromatic N) is 4. The normalized spacial score (nSPS) is 14.0. The highest BCUT2D eigenvalue weighted by atomic mass is 16.5. The molecule has 2 amide bonds. The van der Waals surface area contributed by atoms with Gasteiger partial charge in [-0.2, -0.15) is 0 Å². The van der Waals surface area contributed by atoms with Gasteiger partial charge in [0.2, 0.25) is 0 Å². The zero-order chi connectivity index (χ0) is 28.0. The van der Waals surface area contributed by atoms with E-state index in [0.717, 1.165) is 29.9 Å². The summed E-state index contributed by atoms with van der Waals surface area (Å²) in [6, 6.07) is 12.5. The molecule has 0 bridgehead atoms. The summed E-state index contributed by atoms with van der Waals surface area (Å²) >= 11 is 0. The highest BCUT2D eigenvalue weighted by Crippen LogP contribution is 2.24. The van der Waals surface area contributed by atoms with Gasteiger partial charge in [-0.25, -0.2) is 9.78 Å². The molecule has 0 atom stereocenters. The van der Waals surface area contributed by atoms with Crippen LogP contribution in [0, 0.1) is 11.8 Å². The van der Waals surface area contributed by atoms with E-state index >= 15 is 0 Å². The highest BCUT2D eigenvalue weighted by molar-refractivity contribution is 5.99. The lowest BCUT2D eigenvalue weighted by atomic mass is 9.93. The summed E-state index contributed by atoms with van der Waals surface area (Å²) in [4.78, 5) is 19.4. The molecule has 4 heterocycles. The highest BCUT2D eigenvalue weighted by Gasteiger charge is 2.20. The number of likely N-dealkylation sites (tertiary alicyclic amines) is 1. The molecule has 0 saturated carbocycles. The van der Waals surface area contributed by atoms with Gasteiger partial charge in [0.25, 0.3) is 0 Å². The largest absolute Gasteiger partial charge is 0.492 e. The molecule has 0 spiro atoms. The Kier molecular flexibility index (Phi) is 8.37. The van der Waals surface area contributed by atoms with Gasteiger partial charge in [-0.15, -0.1) is 0 Å². The van der Waals surface area contributed by atoms with E-state index in [-0.39, 0.29) is 5.41 Å². The number of benzene rings is 1. The monoisotopic (exact) mass is 540 g/mol. The molecule has 1 aromatic carbocycles. The van der Waals surface area contributed by atoms with Gasteiger partial charge in [0.15, 0.2) is 5.82 Å². The number of rotatable bonds is 7. The number of aromatic nitrogens is 3. The summed E-state index contributed by atoms with van der Waals surface area (Å²) in [7, 11) is 0. The van der Waals surface area contributed by atoms with E-state index in [1.807, 2.05) is 61.8 Å². The number of ether oxygens (including phenoxy) is 1. The van der Waals surface area contributed by atoms with Crippen LogP contribution in [0.5, 0.6) is 5.75 Å². The zero-order valence-corrected chi connectivity index (χ0v) is 23.4. The molecule has 9 nitrogen and oxygen atoms in total. The molecule has 0 aliphatic carbocycles. The summed E-state index contributed by atoms with van der Waals surface area (Å²) in [5.41, 5.74) is 2.75. The molecule has 1 saturated heterocycles. The topological polar surface area (TPSA) is 96.9 Å². The molecular weight excluding hydrogens is 504 g/mol. The van der Waals surface area contributed by atoms with Crippen molar-refractivity contribution < 1.29 is 14.1 Å². The maximum absolute atomic E-state index is 12.3. The number of fused-ring (bicyclic) bond motifs is 1. The first-order chi connectivity index (χ1) is 19.3. The van der Waals surface area contributed by atoms with E-state index in [9.17, 15) is 4.79 Å². The van der Waals surface area contributed by atoms with Crippen LogP contribution in [-0.4, -0.2) is 51.7 Å². The molecule has 0 unspecified atom stereocenters. The lowest BCUT2D eigenvalue weighted by molar-refractivity contribution is 0.205. The number of urea groups is 1. The Balaban J connectivity index is 1.12. The molecule has 2 N–H and O–H groups in total. The standard InChI is InChI=1S/C31H36N6O3/c1-31(2,3)27-20-28(35-40-27)34-30(38)33-24-11-8-23(9-12-24)10-13-25-21-37-22-26(14-15-29(37)32-25)39-19-7-18-36-16-5-4-6-17-36/h8-9,11-12,14-15,20-22H,4-7,16-19H2,1-3H3,(H2,33,34,35,38). The Morgan fingerprint density at radius 3 is 2.58 bits per heavy atom. The Morgan fingerprint density at radius 2 is 1.82 bits per heavy atom. The fraction of sp³-hybridized carbons (Fsp3) is 0.387. The summed E-state index contributed by atoms with van der Waals surface area (Å²) in [6.07, 6.45) is 8.86. The second kappa shape index (κ2) is 12.3. The Labute approximate surface area is 234 Å². The average molecular weight is 541 g/mol. The second-order valence-electron chi connectivity index (χ2n) is 11.1. The Bertz CT molecular complexity index is 1500. The van der Waals surface area contributed by atoms with Crippen LogP contribution in [0.3, 0.4) is 0 Å². The van der Waals surface area contributed by atoms with Crippen LogP contribution in [-0.2, 0) is 5.41 Å². The minimum absolute atomic E-state index is 0.187. The van der Waals surface area contributed by atoms with Crippen molar-refractivity contribution in [1.29, 1.82) is 0 Å². The van der Waals surface area contributed by atoms with Gasteiger partial charge in [-0.05, 0) is 74.7 Å². The fourth-order valence-electron chi connectivity index (χ4n) is 4.52. The van der Waals surface area contributed by atoms with Crippen molar-refractivity contribution >= 4 is 23.2 Å². The lowest BCUT2D eigenvalue weighted by Crippen LogP contribution is -2.31. The number of piperidine rings is 1. The van der Waals surface area contributed by atoms with Gasteiger partial charge in [0.1, 0.15) is 22.9 Å². The van der Waals surface area contributed by atoms with Crippen LogP contribution in [0.1, 0.15) is 63.5 Å². The Hall–Kier alpha value is -4.29. The number of anilines is 2. The van der Waals surface area contributed by atoms with Crippen molar-refractivity contribution in [3.63, 3.8) is 0 Å². The second-order valence-corrected chi connectivity index (χ2v) is 11.1. The number of carbonyl (C=O) groups is 1. The third-order valence-corrected chi connectivity index (χ3v) is 6.73. The van der Waals surface area contributed by atoms with Gasteiger partial charge >= 0.3 is 6.03 Å². The molecule has 3 aromatic heterocycles. The number of carbonyl (C=O) groups excluding carboxylic acids is 1. The third kappa shape index (κ3) is 7.42. The van der Waals surface area contributed by atoms with Crippen molar-refractivity contribution in [3.05, 3.63) is 71.9 Å². The summed E-state index contributed by atoms with van der Waals surface area (Å²) in [5.74, 6) is 8.14. The van der Waals surface area contributed by atoms with Crippen molar-refractivity contribution in [1.82, 2.24) is 19.4 Å². The average Bonchev–Trinajstić information content (AvgIpc) is 3.58. The molecule has 0 radical (unpaired) electrons. The molecule has 1 aliphatic heterocycles. The van der Waals surface area contributed by atoms with Crippen LogP contribution in [0.2, 0.25) is 0 Å². The van der Waals surface area contributed by atoms with Crippen LogP contribution in [0.15, 0.2) is 59.4 Å². The minimum Gasteiger partial charge on any atom is -0.492 e. The SMILES string of the molecule is CC(C)(C)c1cc(NC(=O)Nc2ccc(C#Cc3cn4cc(OCCCN5CCCCC5)ccc4n3)cc2)no1. The smallest absolute Gasteiger partial charge is 0.324 e. The van der Waals surface area contributed by atoms with E-state index in [1.165, 1.54) is 32.4 Å². The fourth-order valence-corrected chi connectivity index (χ4v) is 4.52. The number of pyridine rings is 1. The van der Waals surface area contributed by atoms with Crippen molar-refractivity contribution in [2.45, 2.75) is 51.9 Å². The zero-order valence-electron chi connectivity index (χ0n) is 23.4. The lowest BCUT2D eigenvalue weighted by Gasteiger charge is -2.26. The molecule has 1 aliphatic rings. The molecule has 1 fully saturated rings. The van der Waals surface area contributed by atoms with E-state index in [2.05, 4.69) is 37.5 Å². The van der Waals surface area contributed by atoms with E-state index in [0.29, 0.717) is 29.6 Å². The van der Waals surface area contributed by atoms with Gasteiger partial charge in [0, 0.05) is 35.5 Å². The molecule has 40 heavy (non-hydrogen) atoms. The first kappa shape index (κ1) is 27.3. The van der Waals surface area contributed by atoms with Gasteiger partial charge in [-0.1, -0.05) is 38.3 Å². The molecule has 4 aromatic rings. The summed E-state index contributed by atoms with van der Waals surface area (Å²) in [6.45, 7) is 10.3. The van der Waals surface area contributed by atoms with Crippen LogP contribution < -0.4 is 15.4 Å². The third-order valence-electron chi connectivity index (χ3n) is 6.73. The van der Waals surface area contributed by atoms with Gasteiger partial charge in [0.05, 0.1) is 12.8 Å². The maximum Gasteiger partial charge on any atom is 0.324 e. The number of hydrogen-bond donors (Lipinski definition) is 2. The van der Waals surface area contributed by atoms with Crippen molar-refractivity contribution in [3.8, 4) is 17.6 Å². The predicted octanol–water partition coefficient (Wildman–Crippen LogP) is 5.92. The summed E-state index contributed by atoms with van der Waals surface area (Å²) < 4.78 is 13.2. The van der Waals surface area contributed by atoms with E-state index < -0.39 is 6.03 Å². The van der Waals surface area contributed by atoms with Crippen LogP contribution in [0.25, 0.3) is 5.65 Å². The van der Waals surface area contributed by atoms with E-state index in [4.69, 9.17) is 9.26 Å². The van der Waals surface area contributed by atoms with Gasteiger partial charge < -0.3 is 23.9 Å².